The summed E-state index contributed by atoms with van der Waals surface area (Å²) < 4.78 is 16.6. The number of amides is 2. The minimum atomic E-state index is -0.757. The fraction of sp³-hybridized carbons (Fsp3) is 0.524. The van der Waals surface area contributed by atoms with Crippen LogP contribution in [0.1, 0.15) is 125 Å². The van der Waals surface area contributed by atoms with Crippen molar-refractivity contribution in [2.75, 3.05) is 13.2 Å². The van der Waals surface area contributed by atoms with Gasteiger partial charge in [-0.25, -0.2) is 9.59 Å². The Morgan fingerprint density at radius 2 is 1.15 bits per heavy atom. The molecule has 2 aromatic carbocycles. The van der Waals surface area contributed by atoms with Crippen LogP contribution in [0.15, 0.2) is 44.7 Å². The molecule has 300 valence electrons. The molecule has 13 heteroatoms. The molecule has 3 N–H and O–H groups in total. The predicted octanol–water partition coefficient (Wildman–Crippen LogP) is 10.8. The molecule has 0 saturated heterocycles. The number of benzene rings is 2. The molecule has 6 rings (SSSR count). The monoisotopic (exact) mass is 906 g/mol. The van der Waals surface area contributed by atoms with E-state index in [1.807, 2.05) is 26.0 Å². The second kappa shape index (κ2) is 19.7. The summed E-state index contributed by atoms with van der Waals surface area (Å²) >= 11 is 11.9. The number of carbonyl (C=O) groups excluding carboxylic acids is 4. The number of nitrogens with one attached hydrogen (secondary N) is 2. The highest BCUT2D eigenvalue weighted by molar-refractivity contribution is 9.10. The fourth-order valence-corrected chi connectivity index (χ4v) is 9.82. The molecule has 2 aliphatic heterocycles. The van der Waals surface area contributed by atoms with Crippen LogP contribution in [0.4, 0.5) is 9.59 Å². The van der Waals surface area contributed by atoms with E-state index in [0.717, 1.165) is 113 Å². The van der Waals surface area contributed by atoms with Gasteiger partial charge in [-0.15, -0.1) is 0 Å². The van der Waals surface area contributed by atoms with Crippen molar-refractivity contribution < 1.29 is 38.5 Å². The maximum absolute atomic E-state index is 13.1. The van der Waals surface area contributed by atoms with E-state index < -0.39 is 22.7 Å². The molecule has 0 unspecified atom stereocenters. The molecule has 0 radical (unpaired) electrons. The van der Waals surface area contributed by atoms with Gasteiger partial charge in [-0.05, 0) is 101 Å². The van der Waals surface area contributed by atoms with E-state index in [9.17, 15) is 24.3 Å². The predicted molar refractivity (Wildman–Crippen MR) is 222 cm³/mol. The van der Waals surface area contributed by atoms with Crippen molar-refractivity contribution in [1.82, 2.24) is 10.6 Å². The zero-order valence-electron chi connectivity index (χ0n) is 32.6. The molecule has 2 aliphatic carbocycles. The first-order valence-corrected chi connectivity index (χ1v) is 21.2. The molecule has 4 aliphatic rings. The molecule has 55 heavy (non-hydrogen) atoms. The molecule has 10 nitrogen and oxygen atoms in total. The van der Waals surface area contributed by atoms with Gasteiger partial charge in [0.1, 0.15) is 11.5 Å². The van der Waals surface area contributed by atoms with E-state index in [2.05, 4.69) is 73.2 Å². The molecular weight excluding hydrogens is 856 g/mol. The highest BCUT2D eigenvalue weighted by atomic mass is 79.9. The maximum atomic E-state index is 13.1. The average molecular weight is 909 g/mol. The van der Waals surface area contributed by atoms with Crippen molar-refractivity contribution in [1.29, 1.82) is 0 Å². The van der Waals surface area contributed by atoms with E-state index in [0.29, 0.717) is 23.5 Å². The van der Waals surface area contributed by atoms with Gasteiger partial charge in [0.2, 0.25) is 0 Å². The minimum absolute atomic E-state index is 0.140. The SMILES string of the molecule is CCOC(=O)Cl.CCOC(=O)OC1=C(c2c(Br)cc(C)cc2CC)C(=O)NC12CCCCC2.CCc1cc(C)cc(Br)c1C1=C(O)C2(CCCCC2)NC1=O. The van der Waals surface area contributed by atoms with Crippen molar-refractivity contribution in [3.05, 3.63) is 78.1 Å². The van der Waals surface area contributed by atoms with Gasteiger partial charge in [-0.2, -0.15) is 0 Å². The number of aliphatic hydroxyl groups excluding tert-OH is 1. The van der Waals surface area contributed by atoms with Crippen LogP contribution in [0.2, 0.25) is 0 Å². The highest BCUT2D eigenvalue weighted by Gasteiger charge is 2.50. The zero-order valence-corrected chi connectivity index (χ0v) is 36.6. The zero-order chi connectivity index (χ0) is 40.5. The van der Waals surface area contributed by atoms with Crippen LogP contribution < -0.4 is 10.6 Å². The number of aryl methyl sites for hydroxylation is 4. The first-order chi connectivity index (χ1) is 26.2. The molecule has 0 bridgehead atoms. The summed E-state index contributed by atoms with van der Waals surface area (Å²) in [6, 6.07) is 8.17. The highest BCUT2D eigenvalue weighted by Crippen LogP contribution is 2.46. The van der Waals surface area contributed by atoms with Crippen LogP contribution in [0.25, 0.3) is 11.1 Å². The smallest absolute Gasteiger partial charge is 0.509 e. The van der Waals surface area contributed by atoms with Gasteiger partial charge in [0, 0.05) is 31.7 Å². The van der Waals surface area contributed by atoms with Gasteiger partial charge in [0.05, 0.1) is 35.4 Å². The van der Waals surface area contributed by atoms with Crippen molar-refractivity contribution >= 4 is 78.0 Å². The Morgan fingerprint density at radius 3 is 1.58 bits per heavy atom. The molecule has 2 fully saturated rings. The van der Waals surface area contributed by atoms with Gasteiger partial charge in [0.25, 0.3) is 11.8 Å². The Bertz CT molecular complexity index is 1840. The van der Waals surface area contributed by atoms with E-state index >= 15 is 0 Å². The normalized spacial score (nSPS) is 18.2. The fourth-order valence-electron chi connectivity index (χ4n) is 8.09. The summed E-state index contributed by atoms with van der Waals surface area (Å²) in [4.78, 5) is 47.5. The Balaban J connectivity index is 0.000000216. The maximum Gasteiger partial charge on any atom is 0.513 e. The molecule has 2 spiro atoms. The first-order valence-electron chi connectivity index (χ1n) is 19.3. The molecule has 2 saturated carbocycles. The Labute approximate surface area is 346 Å². The number of aliphatic hydroxyl groups is 1. The average Bonchev–Trinajstić information content (AvgIpc) is 3.51. The summed E-state index contributed by atoms with van der Waals surface area (Å²) in [6.45, 7) is 12.2. The van der Waals surface area contributed by atoms with E-state index in [4.69, 9.17) is 21.1 Å². The largest absolute Gasteiger partial charge is 0.513 e. The van der Waals surface area contributed by atoms with Crippen molar-refractivity contribution in [3.63, 3.8) is 0 Å². The Kier molecular flexibility index (Phi) is 15.9. The van der Waals surface area contributed by atoms with Crippen LogP contribution in [0.5, 0.6) is 0 Å². The molecule has 2 aromatic rings. The summed E-state index contributed by atoms with van der Waals surface area (Å²) in [7, 11) is 0. The number of halogens is 3. The van der Waals surface area contributed by atoms with E-state index in [1.165, 1.54) is 6.42 Å². The van der Waals surface area contributed by atoms with Crippen LogP contribution in [-0.4, -0.2) is 52.8 Å². The van der Waals surface area contributed by atoms with Crippen LogP contribution in [0, 0.1) is 13.8 Å². The lowest BCUT2D eigenvalue weighted by molar-refractivity contribution is -0.117. The van der Waals surface area contributed by atoms with Crippen LogP contribution >= 0.6 is 43.5 Å². The first kappa shape index (κ1) is 44.4. The summed E-state index contributed by atoms with van der Waals surface area (Å²) in [5, 5.41) is 17.1. The van der Waals surface area contributed by atoms with Gasteiger partial charge in [-0.3, -0.25) is 9.59 Å². The topological polar surface area (TPSA) is 140 Å². The third-order valence-electron chi connectivity index (χ3n) is 10.5. The minimum Gasteiger partial charge on any atom is -0.509 e. The third-order valence-corrected chi connectivity index (χ3v) is 11.9. The van der Waals surface area contributed by atoms with E-state index in [1.54, 1.807) is 13.8 Å². The number of carbonyl (C=O) groups is 4. The number of rotatable bonds is 7. The van der Waals surface area contributed by atoms with Crippen molar-refractivity contribution in [2.24, 2.45) is 0 Å². The molecular formula is C42H53Br2ClN2O8. The van der Waals surface area contributed by atoms with Gasteiger partial charge >= 0.3 is 11.6 Å². The summed E-state index contributed by atoms with van der Waals surface area (Å²) in [6.07, 6.45) is 10.4. The standard InChI is InChI=1S/C21H26BrNO4.C18H22BrNO2.C3H5ClO2/c1-4-14-11-13(3)12-15(22)16(14)17-18(27-20(25)26-5-2)21(23-19(17)24)9-7-6-8-10-21;1-3-12-9-11(2)10-13(19)14(12)15-16(21)18(20-17(15)22)7-5-4-6-8-18;1-2-6-3(4)5/h11-12H,4-10H2,1-3H3,(H,23,24);9-10,21H,3-8H2,1-2H3,(H,20,22);2H2,1H3. The second-order valence-corrected chi connectivity index (χ2v) is 16.4. The molecule has 0 atom stereocenters. The van der Waals surface area contributed by atoms with Gasteiger partial charge in [-0.1, -0.05) is 96.4 Å². The third kappa shape index (κ3) is 10.2. The summed E-state index contributed by atoms with van der Waals surface area (Å²) in [5.74, 6) is 0.343. The lowest BCUT2D eigenvalue weighted by Crippen LogP contribution is -2.46. The van der Waals surface area contributed by atoms with E-state index in [-0.39, 0.29) is 24.2 Å². The lowest BCUT2D eigenvalue weighted by Gasteiger charge is -2.34. The number of ether oxygens (including phenoxy) is 3. The number of hydrogen-bond acceptors (Lipinski definition) is 8. The Morgan fingerprint density at radius 1 is 0.709 bits per heavy atom. The van der Waals surface area contributed by atoms with Gasteiger partial charge in [0.15, 0.2) is 0 Å². The molecule has 2 amide bonds. The molecule has 2 heterocycles. The van der Waals surface area contributed by atoms with Crippen LogP contribution in [-0.2, 0) is 36.6 Å². The Hall–Kier alpha value is -3.35. The summed E-state index contributed by atoms with van der Waals surface area (Å²) in [5.41, 5.74) is 5.10. The van der Waals surface area contributed by atoms with Gasteiger partial charge < -0.3 is 30.0 Å². The molecule has 0 aromatic heterocycles. The van der Waals surface area contributed by atoms with Crippen LogP contribution in [0.3, 0.4) is 0 Å². The van der Waals surface area contributed by atoms with Crippen molar-refractivity contribution in [3.8, 4) is 0 Å². The second-order valence-electron chi connectivity index (χ2n) is 14.3. The lowest BCUT2D eigenvalue weighted by atomic mass is 9.80. The van der Waals surface area contributed by atoms with Crippen molar-refractivity contribution in [2.45, 2.75) is 130 Å². The quantitative estimate of drug-likeness (QED) is 0.184. The number of hydrogen-bond donors (Lipinski definition) is 3.